The highest BCUT2D eigenvalue weighted by Gasteiger charge is 2.32. The Kier molecular flexibility index (Phi) is 6.19. The molecular weight excluding hydrogens is 296 g/mol. The molecule has 0 spiro atoms. The van der Waals surface area contributed by atoms with E-state index in [1.54, 1.807) is 6.92 Å². The third kappa shape index (κ3) is 3.70. The molecule has 0 amide bonds. The Balaban J connectivity index is 0.00000242. The van der Waals surface area contributed by atoms with Crippen molar-refractivity contribution in [3.8, 4) is 0 Å². The molecule has 0 saturated carbocycles. The van der Waals surface area contributed by atoms with E-state index in [1.807, 2.05) is 6.92 Å². The molecule has 3 nitrogen and oxygen atoms in total. The number of Topliss-reactive ketones (excluding diaryl/α,β-unsaturated/α-hetero) is 1. The van der Waals surface area contributed by atoms with Crippen molar-refractivity contribution < 1.29 is 4.79 Å². The van der Waals surface area contributed by atoms with Crippen molar-refractivity contribution in [2.45, 2.75) is 47.6 Å². The van der Waals surface area contributed by atoms with Crippen LogP contribution in [0.25, 0.3) is 0 Å². The van der Waals surface area contributed by atoms with E-state index in [1.165, 1.54) is 11.1 Å². The first-order valence-electron chi connectivity index (χ1n) is 7.80. The van der Waals surface area contributed by atoms with Gasteiger partial charge in [-0.3, -0.25) is 9.69 Å². The number of carbonyl (C=O) groups is 1. The second-order valence-electron chi connectivity index (χ2n) is 7.02. The highest BCUT2D eigenvalue weighted by atomic mass is 35.5. The predicted octanol–water partition coefficient (Wildman–Crippen LogP) is 3.41. The van der Waals surface area contributed by atoms with Crippen LogP contribution in [0.3, 0.4) is 0 Å². The van der Waals surface area contributed by atoms with Crippen molar-refractivity contribution >= 4 is 18.2 Å². The van der Waals surface area contributed by atoms with E-state index in [0.29, 0.717) is 0 Å². The summed E-state index contributed by atoms with van der Waals surface area (Å²) in [6.45, 7) is 14.0. The first kappa shape index (κ1) is 19.1. The van der Waals surface area contributed by atoms with Gasteiger partial charge in [-0.25, -0.2) is 0 Å². The summed E-state index contributed by atoms with van der Waals surface area (Å²) in [5.41, 5.74) is 11.9. The summed E-state index contributed by atoms with van der Waals surface area (Å²) in [5.74, 6) is 0.166. The molecule has 4 heteroatoms. The minimum atomic E-state index is 0. The Labute approximate surface area is 140 Å². The van der Waals surface area contributed by atoms with Gasteiger partial charge in [0.05, 0.1) is 0 Å². The standard InChI is InChI=1S/C18H28N2O.ClH/c1-12-8-13(2)17(15(4)21)14(3)16(12)9-20-7-6-18(5,10-19)11-20;/h8H,6-7,9-11,19H2,1-5H3;1H. The largest absolute Gasteiger partial charge is 0.330 e. The SMILES string of the molecule is CC(=O)c1c(C)cc(C)c(CN2CCC(C)(CN)C2)c1C.Cl. The number of benzene rings is 1. The lowest BCUT2D eigenvalue weighted by atomic mass is 9.90. The molecule has 124 valence electrons. The Morgan fingerprint density at radius 1 is 1.32 bits per heavy atom. The van der Waals surface area contributed by atoms with Crippen molar-refractivity contribution in [3.63, 3.8) is 0 Å². The summed E-state index contributed by atoms with van der Waals surface area (Å²) in [6.07, 6.45) is 1.16. The van der Waals surface area contributed by atoms with E-state index in [-0.39, 0.29) is 23.6 Å². The fraction of sp³-hybridized carbons (Fsp3) is 0.611. The molecule has 1 aromatic carbocycles. The topological polar surface area (TPSA) is 46.3 Å². The van der Waals surface area contributed by atoms with Crippen LogP contribution < -0.4 is 5.73 Å². The van der Waals surface area contributed by atoms with E-state index in [0.717, 1.165) is 49.3 Å². The van der Waals surface area contributed by atoms with Gasteiger partial charge in [-0.15, -0.1) is 12.4 Å². The van der Waals surface area contributed by atoms with Crippen LogP contribution in [0.1, 0.15) is 52.9 Å². The highest BCUT2D eigenvalue weighted by molar-refractivity contribution is 5.97. The zero-order valence-electron chi connectivity index (χ0n) is 14.5. The Hall–Kier alpha value is -0.900. The second kappa shape index (κ2) is 7.12. The molecule has 1 aliphatic heterocycles. The van der Waals surface area contributed by atoms with Crippen LogP contribution >= 0.6 is 12.4 Å². The lowest BCUT2D eigenvalue weighted by Crippen LogP contribution is -2.31. The van der Waals surface area contributed by atoms with Crippen molar-refractivity contribution in [1.29, 1.82) is 0 Å². The molecule has 1 saturated heterocycles. The number of hydrogen-bond donors (Lipinski definition) is 1. The molecule has 0 aliphatic carbocycles. The molecule has 0 bridgehead atoms. The fourth-order valence-electron chi connectivity index (χ4n) is 3.66. The summed E-state index contributed by atoms with van der Waals surface area (Å²) in [5, 5.41) is 0. The van der Waals surface area contributed by atoms with Gasteiger partial charge in [-0.2, -0.15) is 0 Å². The van der Waals surface area contributed by atoms with E-state index < -0.39 is 0 Å². The van der Waals surface area contributed by atoms with Gasteiger partial charge in [0.15, 0.2) is 5.78 Å². The van der Waals surface area contributed by atoms with E-state index in [2.05, 4.69) is 31.7 Å². The fourth-order valence-corrected chi connectivity index (χ4v) is 3.66. The van der Waals surface area contributed by atoms with Crippen molar-refractivity contribution in [1.82, 2.24) is 4.90 Å². The van der Waals surface area contributed by atoms with E-state index in [4.69, 9.17) is 5.73 Å². The molecule has 2 rings (SSSR count). The van der Waals surface area contributed by atoms with Crippen molar-refractivity contribution in [2.24, 2.45) is 11.1 Å². The van der Waals surface area contributed by atoms with E-state index >= 15 is 0 Å². The maximum absolute atomic E-state index is 11.9. The summed E-state index contributed by atoms with van der Waals surface area (Å²) in [6, 6.07) is 2.15. The first-order chi connectivity index (χ1) is 9.77. The lowest BCUT2D eigenvalue weighted by molar-refractivity contribution is 0.101. The summed E-state index contributed by atoms with van der Waals surface area (Å²) < 4.78 is 0. The summed E-state index contributed by atoms with van der Waals surface area (Å²) in [4.78, 5) is 14.4. The number of ketones is 1. The third-order valence-corrected chi connectivity index (χ3v) is 4.99. The number of nitrogens with zero attached hydrogens (tertiary/aromatic N) is 1. The molecule has 2 N–H and O–H groups in total. The van der Waals surface area contributed by atoms with Crippen molar-refractivity contribution in [2.75, 3.05) is 19.6 Å². The molecular formula is C18H29ClN2O. The number of nitrogens with two attached hydrogens (primary N) is 1. The smallest absolute Gasteiger partial charge is 0.160 e. The van der Waals surface area contributed by atoms with Gasteiger partial charge in [0.25, 0.3) is 0 Å². The monoisotopic (exact) mass is 324 g/mol. The van der Waals surface area contributed by atoms with Crippen LogP contribution in [-0.2, 0) is 6.54 Å². The van der Waals surface area contributed by atoms with Gasteiger partial charge in [-0.1, -0.05) is 13.0 Å². The van der Waals surface area contributed by atoms with Gasteiger partial charge in [0, 0.05) is 18.7 Å². The van der Waals surface area contributed by atoms with Crippen LogP contribution in [-0.4, -0.2) is 30.3 Å². The van der Waals surface area contributed by atoms with Gasteiger partial charge in [0.2, 0.25) is 0 Å². The molecule has 0 radical (unpaired) electrons. The number of carbonyl (C=O) groups excluding carboxylic acids is 1. The van der Waals surface area contributed by atoms with Gasteiger partial charge in [-0.05, 0) is 74.9 Å². The van der Waals surface area contributed by atoms with Gasteiger partial charge >= 0.3 is 0 Å². The minimum absolute atomic E-state index is 0. The zero-order valence-corrected chi connectivity index (χ0v) is 15.3. The molecule has 1 unspecified atom stereocenters. The van der Waals surface area contributed by atoms with Crippen LogP contribution in [0.4, 0.5) is 0 Å². The molecule has 0 aromatic heterocycles. The zero-order chi connectivity index (χ0) is 15.8. The van der Waals surface area contributed by atoms with Gasteiger partial charge in [0.1, 0.15) is 0 Å². The Morgan fingerprint density at radius 3 is 2.45 bits per heavy atom. The summed E-state index contributed by atoms with van der Waals surface area (Å²) in [7, 11) is 0. The van der Waals surface area contributed by atoms with Crippen LogP contribution in [0.15, 0.2) is 6.07 Å². The second-order valence-corrected chi connectivity index (χ2v) is 7.02. The molecule has 1 aromatic rings. The average Bonchev–Trinajstić information content (AvgIpc) is 2.76. The number of rotatable bonds is 4. The Bertz CT molecular complexity index is 571. The van der Waals surface area contributed by atoms with Crippen LogP contribution in [0.5, 0.6) is 0 Å². The number of hydrogen-bond acceptors (Lipinski definition) is 3. The molecule has 1 atom stereocenters. The maximum Gasteiger partial charge on any atom is 0.160 e. The quantitative estimate of drug-likeness (QED) is 0.863. The predicted molar refractivity (Wildman–Crippen MR) is 95.0 cm³/mol. The Morgan fingerprint density at radius 2 is 1.95 bits per heavy atom. The maximum atomic E-state index is 11.9. The highest BCUT2D eigenvalue weighted by Crippen LogP contribution is 2.31. The molecule has 22 heavy (non-hydrogen) atoms. The van der Waals surface area contributed by atoms with Gasteiger partial charge < -0.3 is 5.73 Å². The lowest BCUT2D eigenvalue weighted by Gasteiger charge is -2.24. The molecule has 1 heterocycles. The average molecular weight is 325 g/mol. The number of aryl methyl sites for hydroxylation is 2. The van der Waals surface area contributed by atoms with Crippen LogP contribution in [0, 0.1) is 26.2 Å². The van der Waals surface area contributed by atoms with Crippen LogP contribution in [0.2, 0.25) is 0 Å². The summed E-state index contributed by atoms with van der Waals surface area (Å²) >= 11 is 0. The van der Waals surface area contributed by atoms with E-state index in [9.17, 15) is 4.79 Å². The minimum Gasteiger partial charge on any atom is -0.330 e. The van der Waals surface area contributed by atoms with Crippen molar-refractivity contribution in [3.05, 3.63) is 33.9 Å². The first-order valence-corrected chi connectivity index (χ1v) is 7.80. The number of likely N-dealkylation sites (tertiary alicyclic amines) is 1. The third-order valence-electron chi connectivity index (χ3n) is 4.99. The molecule has 1 aliphatic rings. The molecule has 1 fully saturated rings. The normalized spacial score (nSPS) is 21.7. The number of halogens is 1.